The molecule has 1 saturated carbocycles. The summed E-state index contributed by atoms with van der Waals surface area (Å²) >= 11 is 0. The number of ether oxygens (including phenoxy) is 1. The summed E-state index contributed by atoms with van der Waals surface area (Å²) in [6.45, 7) is 8.12. The molecule has 20 heavy (non-hydrogen) atoms. The highest BCUT2D eigenvalue weighted by atomic mass is 16.5. The zero-order chi connectivity index (χ0) is 14.2. The normalized spacial score (nSPS) is 23.6. The van der Waals surface area contributed by atoms with Gasteiger partial charge < -0.3 is 10.1 Å². The van der Waals surface area contributed by atoms with Crippen LogP contribution < -0.4 is 10.1 Å². The van der Waals surface area contributed by atoms with E-state index >= 15 is 0 Å². The van der Waals surface area contributed by atoms with Crippen LogP contribution in [0, 0.1) is 5.41 Å². The van der Waals surface area contributed by atoms with E-state index in [4.69, 9.17) is 4.74 Å². The van der Waals surface area contributed by atoms with E-state index in [0.29, 0.717) is 5.41 Å². The van der Waals surface area contributed by atoms with E-state index in [1.807, 2.05) is 0 Å². The number of anilines is 1. The Bertz CT molecular complexity index is 482. The van der Waals surface area contributed by atoms with Crippen molar-refractivity contribution >= 4 is 5.69 Å². The van der Waals surface area contributed by atoms with Crippen molar-refractivity contribution in [3.8, 4) is 5.75 Å². The minimum Gasteiger partial charge on any atom is -0.488 e. The molecule has 1 aliphatic heterocycles. The summed E-state index contributed by atoms with van der Waals surface area (Å²) in [6, 6.07) is 6.55. The van der Waals surface area contributed by atoms with Crippen molar-refractivity contribution in [1.82, 2.24) is 0 Å². The third-order valence-electron chi connectivity index (χ3n) is 5.04. The molecule has 2 heteroatoms. The van der Waals surface area contributed by atoms with Crippen molar-refractivity contribution < 1.29 is 4.74 Å². The first-order chi connectivity index (χ1) is 9.46. The van der Waals surface area contributed by atoms with Crippen LogP contribution in [0.4, 0.5) is 5.69 Å². The SMILES string of the molecule is CC1(C)CCC(C)(Oc2ccc3c(c2)CCCN3)CC1. The number of nitrogens with one attached hydrogen (secondary N) is 1. The number of hydrogen-bond acceptors (Lipinski definition) is 2. The lowest BCUT2D eigenvalue weighted by Gasteiger charge is -2.41. The molecule has 0 radical (unpaired) electrons. The molecule has 1 aromatic carbocycles. The predicted molar refractivity (Wildman–Crippen MR) is 84.5 cm³/mol. The average Bonchev–Trinajstić information content (AvgIpc) is 2.43. The minimum atomic E-state index is 0.0197. The molecule has 1 N–H and O–H groups in total. The summed E-state index contributed by atoms with van der Waals surface area (Å²) in [6.07, 6.45) is 7.24. The maximum Gasteiger partial charge on any atom is 0.120 e. The smallest absolute Gasteiger partial charge is 0.120 e. The van der Waals surface area contributed by atoms with Crippen LogP contribution in [0.3, 0.4) is 0 Å². The van der Waals surface area contributed by atoms with Crippen molar-refractivity contribution in [1.29, 1.82) is 0 Å². The van der Waals surface area contributed by atoms with Gasteiger partial charge in [0.05, 0.1) is 0 Å². The van der Waals surface area contributed by atoms with Crippen LogP contribution in [0.25, 0.3) is 0 Å². The quantitative estimate of drug-likeness (QED) is 0.837. The minimum absolute atomic E-state index is 0.0197. The zero-order valence-electron chi connectivity index (χ0n) is 13.1. The highest BCUT2D eigenvalue weighted by molar-refractivity contribution is 5.55. The molecule has 1 aliphatic carbocycles. The summed E-state index contributed by atoms with van der Waals surface area (Å²) in [5, 5.41) is 3.46. The fourth-order valence-corrected chi connectivity index (χ4v) is 3.36. The second-order valence-corrected chi connectivity index (χ2v) is 7.57. The Labute approximate surface area is 122 Å². The maximum absolute atomic E-state index is 6.37. The number of hydrogen-bond donors (Lipinski definition) is 1. The van der Waals surface area contributed by atoms with Gasteiger partial charge in [-0.25, -0.2) is 0 Å². The van der Waals surface area contributed by atoms with E-state index in [0.717, 1.165) is 25.1 Å². The fourth-order valence-electron chi connectivity index (χ4n) is 3.36. The standard InChI is InChI=1S/C18H27NO/c1-17(2)8-10-18(3,11-9-17)20-15-6-7-16-14(13-15)5-4-12-19-16/h6-7,13,19H,4-5,8-12H2,1-3H3. The van der Waals surface area contributed by atoms with Crippen LogP contribution in [-0.4, -0.2) is 12.1 Å². The molecular weight excluding hydrogens is 246 g/mol. The Morgan fingerprint density at radius 2 is 1.80 bits per heavy atom. The van der Waals surface area contributed by atoms with Crippen molar-refractivity contribution in [3.63, 3.8) is 0 Å². The Kier molecular flexibility index (Phi) is 3.43. The van der Waals surface area contributed by atoms with Crippen molar-refractivity contribution in [2.75, 3.05) is 11.9 Å². The Morgan fingerprint density at radius 3 is 2.55 bits per heavy atom. The molecule has 110 valence electrons. The van der Waals surface area contributed by atoms with Gasteiger partial charge in [-0.2, -0.15) is 0 Å². The Morgan fingerprint density at radius 1 is 1.05 bits per heavy atom. The van der Waals surface area contributed by atoms with E-state index in [1.165, 1.54) is 36.9 Å². The van der Waals surface area contributed by atoms with Gasteiger partial charge in [0.15, 0.2) is 0 Å². The first-order valence-electron chi connectivity index (χ1n) is 8.02. The molecule has 3 rings (SSSR count). The highest BCUT2D eigenvalue weighted by Gasteiger charge is 2.36. The molecule has 1 heterocycles. The van der Waals surface area contributed by atoms with Crippen LogP contribution in [0.1, 0.15) is 58.4 Å². The monoisotopic (exact) mass is 273 g/mol. The molecule has 1 fully saturated rings. The summed E-state index contributed by atoms with van der Waals surface area (Å²) < 4.78 is 6.37. The lowest BCUT2D eigenvalue weighted by atomic mass is 9.71. The van der Waals surface area contributed by atoms with Crippen LogP contribution >= 0.6 is 0 Å². The molecule has 0 aromatic heterocycles. The third kappa shape index (κ3) is 2.94. The van der Waals surface area contributed by atoms with Crippen LogP contribution in [0.15, 0.2) is 18.2 Å². The molecule has 0 atom stereocenters. The van der Waals surface area contributed by atoms with Gasteiger partial charge in [0, 0.05) is 12.2 Å². The number of rotatable bonds is 2. The summed E-state index contributed by atoms with van der Waals surface area (Å²) in [7, 11) is 0. The van der Waals surface area contributed by atoms with E-state index in [9.17, 15) is 0 Å². The van der Waals surface area contributed by atoms with Crippen molar-refractivity contribution in [2.45, 2.75) is 64.9 Å². The van der Waals surface area contributed by atoms with E-state index in [2.05, 4.69) is 44.3 Å². The van der Waals surface area contributed by atoms with Crippen LogP contribution in [-0.2, 0) is 6.42 Å². The molecular formula is C18H27NO. The largest absolute Gasteiger partial charge is 0.488 e. The number of aryl methyl sites for hydroxylation is 1. The second kappa shape index (κ2) is 4.98. The van der Waals surface area contributed by atoms with Gasteiger partial charge in [-0.05, 0) is 74.6 Å². The topological polar surface area (TPSA) is 21.3 Å². The first-order valence-corrected chi connectivity index (χ1v) is 8.02. The second-order valence-electron chi connectivity index (χ2n) is 7.57. The molecule has 0 bridgehead atoms. The van der Waals surface area contributed by atoms with Gasteiger partial charge in [-0.15, -0.1) is 0 Å². The zero-order valence-corrected chi connectivity index (χ0v) is 13.1. The van der Waals surface area contributed by atoms with Gasteiger partial charge >= 0.3 is 0 Å². The molecule has 2 nitrogen and oxygen atoms in total. The summed E-state index contributed by atoms with van der Waals surface area (Å²) in [5.74, 6) is 1.05. The number of fused-ring (bicyclic) bond motifs is 1. The Hall–Kier alpha value is -1.18. The van der Waals surface area contributed by atoms with E-state index in [-0.39, 0.29) is 5.60 Å². The molecule has 0 amide bonds. The molecule has 1 aromatic rings. The summed E-state index contributed by atoms with van der Waals surface area (Å²) in [4.78, 5) is 0. The lowest BCUT2D eigenvalue weighted by molar-refractivity contribution is 0.0125. The van der Waals surface area contributed by atoms with Crippen molar-refractivity contribution in [3.05, 3.63) is 23.8 Å². The van der Waals surface area contributed by atoms with E-state index in [1.54, 1.807) is 0 Å². The molecule has 0 spiro atoms. The fraction of sp³-hybridized carbons (Fsp3) is 0.667. The van der Waals surface area contributed by atoms with Gasteiger partial charge in [0.1, 0.15) is 11.4 Å². The highest BCUT2D eigenvalue weighted by Crippen LogP contribution is 2.42. The van der Waals surface area contributed by atoms with Crippen LogP contribution in [0.5, 0.6) is 5.75 Å². The molecule has 0 saturated heterocycles. The molecule has 2 aliphatic rings. The average molecular weight is 273 g/mol. The predicted octanol–water partition coefficient (Wildman–Crippen LogP) is 4.78. The maximum atomic E-state index is 6.37. The van der Waals surface area contributed by atoms with Gasteiger partial charge in [-0.1, -0.05) is 13.8 Å². The van der Waals surface area contributed by atoms with Gasteiger partial charge in [0.2, 0.25) is 0 Å². The summed E-state index contributed by atoms with van der Waals surface area (Å²) in [5.41, 5.74) is 3.21. The first kappa shape index (κ1) is 13.8. The van der Waals surface area contributed by atoms with Crippen molar-refractivity contribution in [2.24, 2.45) is 5.41 Å². The van der Waals surface area contributed by atoms with E-state index < -0.39 is 0 Å². The van der Waals surface area contributed by atoms with Gasteiger partial charge in [0.25, 0.3) is 0 Å². The van der Waals surface area contributed by atoms with Crippen LogP contribution in [0.2, 0.25) is 0 Å². The Balaban J connectivity index is 1.71. The molecule has 0 unspecified atom stereocenters. The third-order valence-corrected chi connectivity index (χ3v) is 5.04. The number of benzene rings is 1. The van der Waals surface area contributed by atoms with Gasteiger partial charge in [-0.3, -0.25) is 0 Å². The lowest BCUT2D eigenvalue weighted by Crippen LogP contribution is -2.39.